The predicted molar refractivity (Wildman–Crippen MR) is 384 cm³/mol. The second-order valence-electron chi connectivity index (χ2n) is 23.5. The van der Waals surface area contributed by atoms with Crippen molar-refractivity contribution in [1.29, 1.82) is 0 Å². The SMILES string of the molecule is COc1ccc(NC(=O)[C@H](CCCCN)NC(=O)c2cc(NC(=O)[C@H](CCCCN)NC(=O)c3cc(NC(=O)[C@H](CCCCN)NC(=O)c4cc(NC(=O)[C@H](CCCCN)NC(=O)c5cc(NC(=O)[C@@H](N)CCCCN)ccc5OC)ccc4OC)ccc3OC)ccc2OC)cc1C(N)=O. The molecule has 0 heterocycles. The van der Waals surface area contributed by atoms with Crippen LogP contribution in [0, 0.1) is 0 Å². The Morgan fingerprint density at radius 3 is 0.733 bits per heavy atom. The summed E-state index contributed by atoms with van der Waals surface area (Å²) in [5.41, 5.74) is 41.1. The van der Waals surface area contributed by atoms with Crippen LogP contribution in [-0.2, 0) is 24.0 Å². The summed E-state index contributed by atoms with van der Waals surface area (Å²) in [6, 6.07) is 16.1. The first kappa shape index (κ1) is 81.2. The summed E-state index contributed by atoms with van der Waals surface area (Å²) >= 11 is 0. The van der Waals surface area contributed by atoms with Gasteiger partial charge in [-0.3, -0.25) is 47.9 Å². The van der Waals surface area contributed by atoms with Gasteiger partial charge in [-0.05, 0) is 214 Å². The van der Waals surface area contributed by atoms with Crippen molar-refractivity contribution in [2.45, 2.75) is 127 Å². The Morgan fingerprint density at radius 1 is 0.307 bits per heavy atom. The molecule has 0 unspecified atom stereocenters. The Balaban J connectivity index is 1.34. The third-order valence-electron chi connectivity index (χ3n) is 16.2. The van der Waals surface area contributed by atoms with Gasteiger partial charge in [0.2, 0.25) is 29.5 Å². The number of methoxy groups -OCH3 is 5. The van der Waals surface area contributed by atoms with E-state index in [0.717, 1.165) is 0 Å². The lowest BCUT2D eigenvalue weighted by molar-refractivity contribution is -0.118. The zero-order chi connectivity index (χ0) is 74.0. The lowest BCUT2D eigenvalue weighted by atomic mass is 10.0. The van der Waals surface area contributed by atoms with E-state index in [1.54, 1.807) is 6.07 Å². The van der Waals surface area contributed by atoms with Crippen molar-refractivity contribution in [1.82, 2.24) is 21.3 Å². The number of hydrogen-bond donors (Lipinski definition) is 16. The molecule has 5 atom stereocenters. The minimum Gasteiger partial charge on any atom is -0.496 e. The highest BCUT2D eigenvalue weighted by Crippen LogP contribution is 2.30. The maximum Gasteiger partial charge on any atom is 0.255 e. The van der Waals surface area contributed by atoms with Gasteiger partial charge in [-0.2, -0.15) is 0 Å². The normalized spacial score (nSPS) is 12.3. The average molecular weight is 1400 g/mol. The van der Waals surface area contributed by atoms with Crippen LogP contribution < -0.4 is 112 Å². The average Bonchev–Trinajstić information content (AvgIpc) is 0.841. The molecule has 10 amide bonds. The molecule has 0 radical (unpaired) electrons. The molecule has 0 aliphatic carbocycles. The molecule has 5 rings (SSSR count). The maximum absolute atomic E-state index is 14.4. The Hall–Kier alpha value is -10.4. The number of hydrogen-bond acceptors (Lipinski definition) is 21. The summed E-state index contributed by atoms with van der Waals surface area (Å²) in [5, 5.41) is 24.9. The minimum atomic E-state index is -1.22. The van der Waals surface area contributed by atoms with Crippen molar-refractivity contribution in [3.63, 3.8) is 0 Å². The van der Waals surface area contributed by atoms with Gasteiger partial charge in [-0.15, -0.1) is 0 Å². The van der Waals surface area contributed by atoms with Crippen LogP contribution in [0.4, 0.5) is 28.4 Å². The topological polar surface area (TPSA) is 507 Å². The Labute approximate surface area is 587 Å². The van der Waals surface area contributed by atoms with E-state index in [1.165, 1.54) is 120 Å². The molecule has 31 nitrogen and oxygen atoms in total. The fourth-order valence-corrected chi connectivity index (χ4v) is 10.6. The first-order chi connectivity index (χ1) is 48.6. The molecule has 23 N–H and O–H groups in total. The molecule has 0 aliphatic rings. The number of nitrogens with two attached hydrogens (primary N) is 7. The van der Waals surface area contributed by atoms with Crippen LogP contribution in [0.25, 0.3) is 0 Å². The van der Waals surface area contributed by atoms with E-state index < -0.39 is 89.3 Å². The minimum absolute atomic E-state index is 0.0177. The molecule has 31 heteroatoms. The molecular formula is C70H98N16O15. The van der Waals surface area contributed by atoms with Crippen molar-refractivity contribution >= 4 is 87.5 Å². The predicted octanol–water partition coefficient (Wildman–Crippen LogP) is 3.69. The van der Waals surface area contributed by atoms with E-state index in [0.29, 0.717) is 90.3 Å². The molecular weight excluding hydrogens is 1300 g/mol. The zero-order valence-electron chi connectivity index (χ0n) is 57.9. The summed E-state index contributed by atoms with van der Waals surface area (Å²) in [5.74, 6) is -6.26. The number of amides is 10. The molecule has 0 saturated heterocycles. The zero-order valence-corrected chi connectivity index (χ0v) is 57.9. The van der Waals surface area contributed by atoms with E-state index in [-0.39, 0.29) is 124 Å². The number of nitrogens with one attached hydrogen (secondary N) is 9. The monoisotopic (exact) mass is 1400 g/mol. The van der Waals surface area contributed by atoms with Gasteiger partial charge in [0.25, 0.3) is 29.5 Å². The molecule has 5 aromatic rings. The van der Waals surface area contributed by atoms with E-state index in [9.17, 15) is 47.9 Å². The number of rotatable bonds is 44. The van der Waals surface area contributed by atoms with E-state index >= 15 is 0 Å². The second-order valence-corrected chi connectivity index (χ2v) is 23.5. The standard InChI is InChI=1S/C70H98N16O15/c1-97-56-26-21-41(36-46(56)61(77)87)79-67(93)52(17-7-12-32-72)83-63(89)48-38-43(23-28-58(48)99-3)81-69(95)54(19-9-14-34-74)85-65(91)50-40-45(25-30-60(50)101-5)82-70(96)55(20-10-15-35-75)86-64(90)49-39-44(24-29-59(49)100-4)80-68(94)53(18-8-13-33-73)84-62(88)47-37-42(22-27-57(47)98-2)78-66(92)51(76)16-6-11-31-71/h21-30,36-40,51-55H,6-20,31-35,71-76H2,1-5H3,(H2,77,87)(H,78,92)(H,79,93)(H,80,94)(H,81,95)(H,82,96)(H,83,89)(H,84,88)(H,85,91)(H,86,90)/t51-,52-,53-,54-,55-/m0/s1. The van der Waals surface area contributed by atoms with Crippen molar-refractivity contribution < 1.29 is 71.6 Å². The molecule has 548 valence electrons. The maximum atomic E-state index is 14.4. The van der Waals surface area contributed by atoms with Gasteiger partial charge in [-0.25, -0.2) is 0 Å². The highest BCUT2D eigenvalue weighted by molar-refractivity contribution is 6.09. The van der Waals surface area contributed by atoms with Crippen LogP contribution in [0.1, 0.15) is 148 Å². The van der Waals surface area contributed by atoms with Gasteiger partial charge in [-0.1, -0.05) is 6.42 Å². The number of carbonyl (C=O) groups excluding carboxylic acids is 10. The first-order valence-corrected chi connectivity index (χ1v) is 33.3. The number of carbonyl (C=O) groups is 10. The van der Waals surface area contributed by atoms with Gasteiger partial charge in [0.05, 0.1) is 69.4 Å². The summed E-state index contributed by atoms with van der Waals surface area (Å²) in [6.45, 7) is 1.68. The van der Waals surface area contributed by atoms with E-state index in [2.05, 4.69) is 47.9 Å². The van der Waals surface area contributed by atoms with Gasteiger partial charge >= 0.3 is 0 Å². The van der Waals surface area contributed by atoms with Gasteiger partial charge in [0, 0.05) is 28.4 Å². The molecule has 0 spiro atoms. The molecule has 0 aliphatic heterocycles. The summed E-state index contributed by atoms with van der Waals surface area (Å²) in [7, 11) is 6.74. The highest BCUT2D eigenvalue weighted by Gasteiger charge is 2.30. The van der Waals surface area contributed by atoms with Gasteiger partial charge in [0.15, 0.2) is 0 Å². The van der Waals surface area contributed by atoms with Gasteiger partial charge < -0.3 is 112 Å². The number of primary amides is 1. The number of anilines is 5. The summed E-state index contributed by atoms with van der Waals surface area (Å²) in [6.07, 6.45) is 6.02. The van der Waals surface area contributed by atoms with Crippen molar-refractivity contribution in [2.24, 2.45) is 40.1 Å². The lowest BCUT2D eigenvalue weighted by Gasteiger charge is -2.22. The van der Waals surface area contributed by atoms with Crippen LogP contribution in [0.2, 0.25) is 0 Å². The summed E-state index contributed by atoms with van der Waals surface area (Å²) < 4.78 is 27.4. The Bertz CT molecular complexity index is 3650. The Morgan fingerprint density at radius 2 is 0.515 bits per heavy atom. The molecule has 5 aromatic carbocycles. The van der Waals surface area contributed by atoms with E-state index in [1.807, 2.05) is 0 Å². The number of unbranched alkanes of at least 4 members (excludes halogenated alkanes) is 5. The smallest absolute Gasteiger partial charge is 0.255 e. The van der Waals surface area contributed by atoms with E-state index in [4.69, 9.17) is 63.8 Å². The van der Waals surface area contributed by atoms with Crippen molar-refractivity contribution in [3.8, 4) is 28.7 Å². The fourth-order valence-electron chi connectivity index (χ4n) is 10.6. The molecule has 0 fully saturated rings. The van der Waals surface area contributed by atoms with Crippen LogP contribution in [-0.4, -0.2) is 158 Å². The molecule has 0 saturated carbocycles. The second kappa shape index (κ2) is 42.5. The third kappa shape index (κ3) is 25.1. The number of ether oxygens (including phenoxy) is 5. The Kier molecular flexibility index (Phi) is 34.2. The quantitative estimate of drug-likeness (QED) is 0.0247. The highest BCUT2D eigenvalue weighted by atomic mass is 16.5. The van der Waals surface area contributed by atoms with Crippen molar-refractivity contribution in [3.05, 3.63) is 119 Å². The number of benzene rings is 5. The lowest BCUT2D eigenvalue weighted by Crippen LogP contribution is -2.44. The van der Waals surface area contributed by atoms with Gasteiger partial charge in [0.1, 0.15) is 52.9 Å². The fraction of sp³-hybridized carbons (Fsp3) is 0.429. The summed E-state index contributed by atoms with van der Waals surface area (Å²) in [4.78, 5) is 139. The van der Waals surface area contributed by atoms with Crippen LogP contribution in [0.5, 0.6) is 28.7 Å². The van der Waals surface area contributed by atoms with Crippen LogP contribution in [0.15, 0.2) is 91.0 Å². The molecule has 0 aromatic heterocycles. The van der Waals surface area contributed by atoms with Crippen LogP contribution in [0.3, 0.4) is 0 Å². The molecule has 101 heavy (non-hydrogen) atoms. The first-order valence-electron chi connectivity index (χ1n) is 33.3. The largest absolute Gasteiger partial charge is 0.496 e. The van der Waals surface area contributed by atoms with Crippen molar-refractivity contribution in [2.75, 3.05) is 94.9 Å². The molecule has 0 bridgehead atoms. The third-order valence-corrected chi connectivity index (χ3v) is 16.2. The van der Waals surface area contributed by atoms with Crippen LogP contribution >= 0.6 is 0 Å².